The highest BCUT2D eigenvalue weighted by Gasteiger charge is 2.25. The Morgan fingerprint density at radius 1 is 1.15 bits per heavy atom. The molecule has 0 saturated heterocycles. The molecule has 2 aromatic rings. The Morgan fingerprint density at radius 2 is 2.00 bits per heavy atom. The third kappa shape index (κ3) is 2.78. The van der Waals surface area contributed by atoms with Gasteiger partial charge in [-0.3, -0.25) is 4.79 Å². The lowest BCUT2D eigenvalue weighted by Gasteiger charge is -2.24. The number of rotatable bonds is 3. The minimum atomic E-state index is 0.0546. The van der Waals surface area contributed by atoms with Crippen molar-refractivity contribution in [2.75, 3.05) is 0 Å². The molecule has 0 bridgehead atoms. The molecule has 1 unspecified atom stereocenters. The van der Waals surface area contributed by atoms with E-state index in [1.165, 1.54) is 11.1 Å². The molecule has 0 radical (unpaired) electrons. The number of halogens is 1. The SMILES string of the molecule is O=C(Cc1cccc(Cl)c1)C1CCCc2ccccc21. The highest BCUT2D eigenvalue weighted by Crippen LogP contribution is 2.33. The van der Waals surface area contributed by atoms with Gasteiger partial charge in [0.1, 0.15) is 5.78 Å². The minimum absolute atomic E-state index is 0.0546. The predicted molar refractivity (Wildman–Crippen MR) is 82.3 cm³/mol. The first kappa shape index (κ1) is 13.4. The topological polar surface area (TPSA) is 17.1 Å². The van der Waals surface area contributed by atoms with Crippen molar-refractivity contribution in [2.45, 2.75) is 31.6 Å². The maximum atomic E-state index is 12.6. The monoisotopic (exact) mass is 284 g/mol. The van der Waals surface area contributed by atoms with Crippen LogP contribution in [0.1, 0.15) is 35.4 Å². The largest absolute Gasteiger partial charge is 0.299 e. The Bertz CT molecular complexity index is 633. The molecule has 102 valence electrons. The summed E-state index contributed by atoms with van der Waals surface area (Å²) < 4.78 is 0. The molecular formula is C18H17ClO. The molecule has 2 heteroatoms. The van der Waals surface area contributed by atoms with E-state index in [9.17, 15) is 4.79 Å². The van der Waals surface area contributed by atoms with Crippen LogP contribution in [0.15, 0.2) is 48.5 Å². The van der Waals surface area contributed by atoms with Crippen molar-refractivity contribution in [3.05, 3.63) is 70.2 Å². The number of carbonyl (C=O) groups is 1. The van der Waals surface area contributed by atoms with E-state index in [-0.39, 0.29) is 5.92 Å². The fourth-order valence-corrected chi connectivity index (χ4v) is 3.27. The summed E-state index contributed by atoms with van der Waals surface area (Å²) in [5, 5.41) is 0.694. The molecule has 1 nitrogen and oxygen atoms in total. The van der Waals surface area contributed by atoms with Gasteiger partial charge in [0.15, 0.2) is 0 Å². The second-order valence-electron chi connectivity index (χ2n) is 5.42. The van der Waals surface area contributed by atoms with E-state index in [0.717, 1.165) is 24.8 Å². The van der Waals surface area contributed by atoms with Crippen molar-refractivity contribution < 1.29 is 4.79 Å². The third-order valence-corrected chi connectivity index (χ3v) is 4.26. The summed E-state index contributed by atoms with van der Waals surface area (Å²) >= 11 is 5.98. The van der Waals surface area contributed by atoms with Crippen LogP contribution >= 0.6 is 11.6 Å². The van der Waals surface area contributed by atoms with E-state index in [2.05, 4.69) is 18.2 Å². The highest BCUT2D eigenvalue weighted by atomic mass is 35.5. The van der Waals surface area contributed by atoms with Gasteiger partial charge in [0.05, 0.1) is 0 Å². The van der Waals surface area contributed by atoms with Crippen LogP contribution < -0.4 is 0 Å². The van der Waals surface area contributed by atoms with Gasteiger partial charge in [-0.1, -0.05) is 48.0 Å². The lowest BCUT2D eigenvalue weighted by atomic mass is 9.79. The Kier molecular flexibility index (Phi) is 3.88. The van der Waals surface area contributed by atoms with Crippen molar-refractivity contribution in [3.63, 3.8) is 0 Å². The van der Waals surface area contributed by atoms with Crippen molar-refractivity contribution in [3.8, 4) is 0 Å². The Morgan fingerprint density at radius 3 is 2.85 bits per heavy atom. The van der Waals surface area contributed by atoms with Crippen molar-refractivity contribution in [1.29, 1.82) is 0 Å². The van der Waals surface area contributed by atoms with Crippen molar-refractivity contribution in [2.24, 2.45) is 0 Å². The van der Waals surface area contributed by atoms with Crippen LogP contribution in [0.3, 0.4) is 0 Å². The standard InChI is InChI=1S/C18H17ClO/c19-15-8-3-5-13(11-15)12-18(20)17-10-4-7-14-6-1-2-9-16(14)17/h1-3,5-6,8-9,11,17H,4,7,10,12H2. The van der Waals surface area contributed by atoms with Crippen molar-refractivity contribution in [1.82, 2.24) is 0 Å². The number of hydrogen-bond donors (Lipinski definition) is 0. The van der Waals surface area contributed by atoms with Gasteiger partial charge in [0, 0.05) is 17.4 Å². The quantitative estimate of drug-likeness (QED) is 0.807. The third-order valence-electron chi connectivity index (χ3n) is 4.03. The first-order valence-electron chi connectivity index (χ1n) is 7.09. The Balaban J connectivity index is 1.82. The van der Waals surface area contributed by atoms with Crippen LogP contribution in [0.4, 0.5) is 0 Å². The van der Waals surface area contributed by atoms with Gasteiger partial charge in [0.25, 0.3) is 0 Å². The summed E-state index contributed by atoms with van der Waals surface area (Å²) in [6.45, 7) is 0. The molecule has 0 saturated carbocycles. The molecule has 0 fully saturated rings. The van der Waals surface area contributed by atoms with E-state index < -0.39 is 0 Å². The first-order valence-corrected chi connectivity index (χ1v) is 7.47. The normalized spacial score (nSPS) is 17.6. The van der Waals surface area contributed by atoms with E-state index in [4.69, 9.17) is 11.6 Å². The Hall–Kier alpha value is -1.60. The number of aryl methyl sites for hydroxylation is 1. The number of hydrogen-bond acceptors (Lipinski definition) is 1. The average Bonchev–Trinajstić information content (AvgIpc) is 2.46. The molecule has 2 aromatic carbocycles. The molecule has 0 heterocycles. The average molecular weight is 285 g/mol. The molecular weight excluding hydrogens is 268 g/mol. The summed E-state index contributed by atoms with van der Waals surface area (Å²) in [5.41, 5.74) is 3.57. The zero-order valence-electron chi connectivity index (χ0n) is 11.3. The van der Waals surface area contributed by atoms with Crippen LogP contribution in [-0.2, 0) is 17.6 Å². The fourth-order valence-electron chi connectivity index (χ4n) is 3.06. The van der Waals surface area contributed by atoms with Gasteiger partial charge in [0.2, 0.25) is 0 Å². The second-order valence-corrected chi connectivity index (χ2v) is 5.85. The molecule has 20 heavy (non-hydrogen) atoms. The Labute approximate surface area is 124 Å². The minimum Gasteiger partial charge on any atom is -0.299 e. The lowest BCUT2D eigenvalue weighted by molar-refractivity contribution is -0.120. The predicted octanol–water partition coefficient (Wildman–Crippen LogP) is 4.57. The van der Waals surface area contributed by atoms with Crippen LogP contribution in [0, 0.1) is 0 Å². The number of ketones is 1. The summed E-state index contributed by atoms with van der Waals surface area (Å²) in [6.07, 6.45) is 3.63. The second kappa shape index (κ2) is 5.80. The van der Waals surface area contributed by atoms with E-state index in [0.29, 0.717) is 17.2 Å². The van der Waals surface area contributed by atoms with Crippen LogP contribution in [0.25, 0.3) is 0 Å². The maximum absolute atomic E-state index is 12.6. The van der Waals surface area contributed by atoms with Crippen LogP contribution in [0.2, 0.25) is 5.02 Å². The van der Waals surface area contributed by atoms with Gasteiger partial charge in [-0.05, 0) is 48.1 Å². The van der Waals surface area contributed by atoms with Gasteiger partial charge in [-0.15, -0.1) is 0 Å². The molecule has 0 spiro atoms. The summed E-state index contributed by atoms with van der Waals surface area (Å²) in [7, 11) is 0. The number of carbonyl (C=O) groups excluding carboxylic acids is 1. The summed E-state index contributed by atoms with van der Waals surface area (Å²) in [5.74, 6) is 0.360. The fraction of sp³-hybridized carbons (Fsp3) is 0.278. The highest BCUT2D eigenvalue weighted by molar-refractivity contribution is 6.30. The van der Waals surface area contributed by atoms with E-state index >= 15 is 0 Å². The smallest absolute Gasteiger partial charge is 0.144 e. The summed E-state index contributed by atoms with van der Waals surface area (Å²) in [6, 6.07) is 15.9. The summed E-state index contributed by atoms with van der Waals surface area (Å²) in [4.78, 5) is 12.6. The van der Waals surface area contributed by atoms with E-state index in [1.807, 2.05) is 30.3 Å². The van der Waals surface area contributed by atoms with Gasteiger partial charge >= 0.3 is 0 Å². The van der Waals surface area contributed by atoms with E-state index in [1.54, 1.807) is 0 Å². The zero-order chi connectivity index (χ0) is 13.9. The van der Waals surface area contributed by atoms with Gasteiger partial charge in [-0.25, -0.2) is 0 Å². The molecule has 1 aliphatic carbocycles. The molecule has 0 aliphatic heterocycles. The van der Waals surface area contributed by atoms with Gasteiger partial charge < -0.3 is 0 Å². The molecule has 1 atom stereocenters. The number of benzene rings is 2. The number of fused-ring (bicyclic) bond motifs is 1. The number of Topliss-reactive ketones (excluding diaryl/α,β-unsaturated/α-hetero) is 1. The first-order chi connectivity index (χ1) is 9.74. The molecule has 3 rings (SSSR count). The van der Waals surface area contributed by atoms with Crippen LogP contribution in [0.5, 0.6) is 0 Å². The molecule has 1 aliphatic rings. The molecule has 0 amide bonds. The molecule has 0 aromatic heterocycles. The van der Waals surface area contributed by atoms with Crippen LogP contribution in [-0.4, -0.2) is 5.78 Å². The zero-order valence-corrected chi connectivity index (χ0v) is 12.1. The molecule has 0 N–H and O–H groups in total. The maximum Gasteiger partial charge on any atom is 0.144 e. The van der Waals surface area contributed by atoms with Gasteiger partial charge in [-0.2, -0.15) is 0 Å². The lowest BCUT2D eigenvalue weighted by Crippen LogP contribution is -2.20. The van der Waals surface area contributed by atoms with Crippen molar-refractivity contribution >= 4 is 17.4 Å².